The van der Waals surface area contributed by atoms with E-state index in [-0.39, 0.29) is 0 Å². The molecule has 14 aromatic rings. The normalized spacial score (nSPS) is 12.1. The fraction of sp³-hybridized carbons (Fsp3) is 0. The van der Waals surface area contributed by atoms with Crippen molar-refractivity contribution in [3.8, 4) is 33.6 Å². The van der Waals surface area contributed by atoms with Gasteiger partial charge in [-0.2, -0.15) is 0 Å². The summed E-state index contributed by atoms with van der Waals surface area (Å²) in [5.41, 5.74) is 12.1. The van der Waals surface area contributed by atoms with E-state index in [1.165, 1.54) is 124 Å². The van der Waals surface area contributed by atoms with Gasteiger partial charge in [-0.25, -0.2) is 0 Å². The number of nitrogens with zero attached hydrogens (tertiary/aromatic N) is 2. The van der Waals surface area contributed by atoms with Gasteiger partial charge in [0.05, 0.1) is 22.1 Å². The summed E-state index contributed by atoms with van der Waals surface area (Å²) in [7, 11) is 0. The zero-order valence-corrected chi connectivity index (χ0v) is 34.9. The fourth-order valence-electron chi connectivity index (χ4n) is 10.7. The smallest absolute Gasteiger partial charge is 0.0541 e. The molecule has 3 heterocycles. The maximum Gasteiger partial charge on any atom is 0.0541 e. The molecule has 0 aliphatic heterocycles. The first-order valence-electron chi connectivity index (χ1n) is 21.7. The zero-order chi connectivity index (χ0) is 41.2. The van der Waals surface area contributed by atoms with Crippen LogP contribution in [0.3, 0.4) is 0 Å². The molecule has 0 amide bonds. The summed E-state index contributed by atoms with van der Waals surface area (Å²) < 4.78 is 7.52. The predicted octanol–water partition coefficient (Wildman–Crippen LogP) is 17.0. The summed E-state index contributed by atoms with van der Waals surface area (Å²) in [4.78, 5) is 0. The van der Waals surface area contributed by atoms with E-state index in [1.54, 1.807) is 0 Å². The molecule has 0 radical (unpaired) electrons. The lowest BCUT2D eigenvalue weighted by atomic mass is 9.91. The van der Waals surface area contributed by atoms with Crippen molar-refractivity contribution in [3.63, 3.8) is 0 Å². The molecule has 0 spiro atoms. The highest BCUT2D eigenvalue weighted by Gasteiger charge is 2.18. The van der Waals surface area contributed by atoms with E-state index in [0.717, 1.165) is 5.69 Å². The third kappa shape index (κ3) is 5.06. The molecule has 63 heavy (non-hydrogen) atoms. The Hall–Kier alpha value is -7.98. The predicted molar refractivity (Wildman–Crippen MR) is 271 cm³/mol. The van der Waals surface area contributed by atoms with Gasteiger partial charge in [0.25, 0.3) is 0 Å². The molecule has 0 aliphatic rings. The Labute approximate surface area is 366 Å². The van der Waals surface area contributed by atoms with Gasteiger partial charge in [0.15, 0.2) is 0 Å². The minimum Gasteiger partial charge on any atom is -0.309 e. The summed E-state index contributed by atoms with van der Waals surface area (Å²) in [5, 5.41) is 15.3. The highest BCUT2D eigenvalue weighted by Crippen LogP contribution is 2.44. The van der Waals surface area contributed by atoms with E-state index in [9.17, 15) is 0 Å². The maximum absolute atomic E-state index is 2.46. The molecule has 0 N–H and O–H groups in total. The highest BCUT2D eigenvalue weighted by atomic mass is 32.1. The number of para-hydroxylation sites is 3. The fourth-order valence-corrected chi connectivity index (χ4v) is 11.9. The molecule has 0 fully saturated rings. The minimum atomic E-state index is 1.16. The summed E-state index contributed by atoms with van der Waals surface area (Å²) >= 11 is 1.89. The van der Waals surface area contributed by atoms with Gasteiger partial charge in [-0.1, -0.05) is 146 Å². The van der Waals surface area contributed by atoms with Crippen molar-refractivity contribution in [3.05, 3.63) is 218 Å². The number of aromatic nitrogens is 2. The Kier molecular flexibility index (Phi) is 7.30. The number of hydrogen-bond donors (Lipinski definition) is 0. The Morgan fingerprint density at radius 2 is 0.730 bits per heavy atom. The van der Waals surface area contributed by atoms with Gasteiger partial charge in [0.1, 0.15) is 0 Å². The molecule has 0 saturated heterocycles. The molecule has 14 rings (SSSR count). The molecule has 292 valence electrons. The van der Waals surface area contributed by atoms with Crippen molar-refractivity contribution in [2.75, 3.05) is 0 Å². The van der Waals surface area contributed by atoms with Crippen LogP contribution in [0.2, 0.25) is 0 Å². The van der Waals surface area contributed by atoms with E-state index in [1.807, 2.05) is 11.3 Å². The van der Waals surface area contributed by atoms with Crippen molar-refractivity contribution in [1.82, 2.24) is 9.13 Å². The first kappa shape index (κ1) is 34.7. The molecule has 0 bridgehead atoms. The summed E-state index contributed by atoms with van der Waals surface area (Å²) in [6.45, 7) is 0. The Morgan fingerprint density at radius 1 is 0.254 bits per heavy atom. The Bertz CT molecular complexity index is 4200. The third-order valence-corrected chi connectivity index (χ3v) is 14.7. The van der Waals surface area contributed by atoms with Gasteiger partial charge in [0.2, 0.25) is 0 Å². The molecule has 3 aromatic heterocycles. The number of fused-ring (bicyclic) bond motifs is 15. The molecule has 2 nitrogen and oxygen atoms in total. The van der Waals surface area contributed by atoms with Gasteiger partial charge in [0, 0.05) is 53.1 Å². The van der Waals surface area contributed by atoms with Gasteiger partial charge >= 0.3 is 0 Å². The maximum atomic E-state index is 2.46. The number of thiophene rings is 1. The summed E-state index contributed by atoms with van der Waals surface area (Å²) in [6.07, 6.45) is 0. The van der Waals surface area contributed by atoms with Crippen molar-refractivity contribution in [2.45, 2.75) is 0 Å². The SMILES string of the molecule is c1ccc(-n2c3ccccc3c3cc(-c4ccc5c(c4)c4ccccc4n5-c4ccc5c6cc(-c7cccc8c7sc7ccccc78)ccc6c6ccccc6c5c4)ccc32)cc1. The van der Waals surface area contributed by atoms with Crippen molar-refractivity contribution in [1.29, 1.82) is 0 Å². The van der Waals surface area contributed by atoms with Crippen molar-refractivity contribution in [2.24, 2.45) is 0 Å². The number of hydrogen-bond acceptors (Lipinski definition) is 1. The molecule has 0 unspecified atom stereocenters. The van der Waals surface area contributed by atoms with E-state index >= 15 is 0 Å². The molecule has 0 aliphatic carbocycles. The van der Waals surface area contributed by atoms with E-state index in [0.29, 0.717) is 0 Å². The Morgan fingerprint density at radius 3 is 1.44 bits per heavy atom. The van der Waals surface area contributed by atoms with Crippen molar-refractivity contribution >= 4 is 107 Å². The van der Waals surface area contributed by atoms with Gasteiger partial charge in [-0.05, 0) is 127 Å². The average molecular weight is 817 g/mol. The van der Waals surface area contributed by atoms with Crippen LogP contribution in [0.25, 0.3) is 130 Å². The number of rotatable bonds is 4. The van der Waals surface area contributed by atoms with Crippen LogP contribution in [0.1, 0.15) is 0 Å². The van der Waals surface area contributed by atoms with Crippen LogP contribution in [0.4, 0.5) is 0 Å². The minimum absolute atomic E-state index is 1.16. The first-order valence-corrected chi connectivity index (χ1v) is 22.5. The van der Waals surface area contributed by atoms with E-state index < -0.39 is 0 Å². The van der Waals surface area contributed by atoms with Gasteiger partial charge < -0.3 is 9.13 Å². The molecule has 0 atom stereocenters. The lowest BCUT2D eigenvalue weighted by Crippen LogP contribution is -1.94. The van der Waals surface area contributed by atoms with Gasteiger partial charge in [-0.3, -0.25) is 0 Å². The zero-order valence-electron chi connectivity index (χ0n) is 34.1. The standard InChI is InChI=1S/C60H36N2S/c1-2-13-40(14-3-1)61-55-22-9-6-17-47(55)53-33-37(26-31-57(53)61)38-27-32-58-54(34-38)48-18-7-10-23-56(48)62(58)41-28-30-46-51-35-39(25-29-45(51)43-15-4-5-16-44(43)52(46)36-41)42-20-12-21-50-49-19-8-11-24-59(49)63-60(42)50/h1-36H. The van der Waals surface area contributed by atoms with Crippen LogP contribution < -0.4 is 0 Å². The van der Waals surface area contributed by atoms with Crippen LogP contribution in [-0.4, -0.2) is 9.13 Å². The first-order chi connectivity index (χ1) is 31.2. The van der Waals surface area contributed by atoms with Crippen molar-refractivity contribution < 1.29 is 0 Å². The van der Waals surface area contributed by atoms with Crippen LogP contribution in [-0.2, 0) is 0 Å². The monoisotopic (exact) mass is 816 g/mol. The van der Waals surface area contributed by atoms with Crippen LogP contribution >= 0.6 is 11.3 Å². The van der Waals surface area contributed by atoms with E-state index in [4.69, 9.17) is 0 Å². The number of benzene rings is 11. The van der Waals surface area contributed by atoms with Crippen LogP contribution in [0.5, 0.6) is 0 Å². The molecule has 11 aromatic carbocycles. The van der Waals surface area contributed by atoms with E-state index in [2.05, 4.69) is 228 Å². The Balaban J connectivity index is 0.944. The molecular weight excluding hydrogens is 781 g/mol. The van der Waals surface area contributed by atoms with Crippen LogP contribution in [0.15, 0.2) is 218 Å². The summed E-state index contributed by atoms with van der Waals surface area (Å²) in [5.74, 6) is 0. The van der Waals surface area contributed by atoms with Crippen LogP contribution in [0, 0.1) is 0 Å². The highest BCUT2D eigenvalue weighted by molar-refractivity contribution is 7.26. The quantitative estimate of drug-likeness (QED) is 0.157. The molecule has 0 saturated carbocycles. The average Bonchev–Trinajstić information content (AvgIpc) is 4.01. The van der Waals surface area contributed by atoms with Gasteiger partial charge in [-0.15, -0.1) is 11.3 Å². The molecular formula is C60H36N2S. The lowest BCUT2D eigenvalue weighted by molar-refractivity contribution is 1.18. The lowest BCUT2D eigenvalue weighted by Gasteiger charge is -2.15. The second-order valence-electron chi connectivity index (χ2n) is 16.8. The summed E-state index contributed by atoms with van der Waals surface area (Å²) in [6, 6.07) is 81.0. The molecule has 3 heteroatoms. The topological polar surface area (TPSA) is 9.86 Å². The second-order valence-corrected chi connectivity index (χ2v) is 17.9. The largest absolute Gasteiger partial charge is 0.309 e. The third-order valence-electron chi connectivity index (χ3n) is 13.5. The second kappa shape index (κ2) is 13.3.